The largest absolute Gasteiger partial charge is 0.506 e. The van der Waals surface area contributed by atoms with Crippen LogP contribution in [0.15, 0.2) is 17.2 Å². The second kappa shape index (κ2) is 2.84. The van der Waals surface area contributed by atoms with Crippen LogP contribution in [0, 0.1) is 0 Å². The number of hydrogen-bond acceptors (Lipinski definition) is 5. The summed E-state index contributed by atoms with van der Waals surface area (Å²) in [5, 5.41) is 15.5. The number of aromatic nitrogens is 2. The molecule has 0 amide bonds. The molecule has 5 N–H and O–H groups in total. The molecule has 1 heterocycles. The minimum absolute atomic E-state index is 0.0186. The Morgan fingerprint density at radius 3 is 2.73 bits per heavy atom. The Kier molecular flexibility index (Phi) is 1.85. The average Bonchev–Trinajstić information content (AvgIpc) is 2.57. The van der Waals surface area contributed by atoms with Crippen LogP contribution in [0.4, 0.5) is 5.69 Å². The van der Waals surface area contributed by atoms with Crippen LogP contribution < -0.4 is 5.73 Å². The number of rotatable bonds is 1. The molecule has 0 fully saturated rings. The van der Waals surface area contributed by atoms with Crippen LogP contribution in [0.5, 0.6) is 5.75 Å². The molecule has 7 nitrogen and oxygen atoms in total. The smallest absolute Gasteiger partial charge is 0.295 e. The first-order valence-corrected chi connectivity index (χ1v) is 5.27. The van der Waals surface area contributed by atoms with E-state index in [9.17, 15) is 13.5 Å². The van der Waals surface area contributed by atoms with Gasteiger partial charge in [0.25, 0.3) is 10.1 Å². The van der Waals surface area contributed by atoms with Gasteiger partial charge in [-0.3, -0.25) is 9.65 Å². The molecule has 15 heavy (non-hydrogen) atoms. The van der Waals surface area contributed by atoms with Crippen molar-refractivity contribution in [3.05, 3.63) is 12.3 Å². The van der Waals surface area contributed by atoms with Crippen LogP contribution in [-0.4, -0.2) is 28.3 Å². The zero-order valence-corrected chi connectivity index (χ0v) is 8.11. The molecule has 0 aliphatic carbocycles. The summed E-state index contributed by atoms with van der Waals surface area (Å²) in [6, 6.07) is 0.878. The van der Waals surface area contributed by atoms with Crippen molar-refractivity contribution in [1.82, 2.24) is 10.2 Å². The van der Waals surface area contributed by atoms with Crippen molar-refractivity contribution in [1.29, 1.82) is 0 Å². The predicted molar refractivity (Wildman–Crippen MR) is 52.0 cm³/mol. The first-order chi connectivity index (χ1) is 6.91. The molecule has 2 rings (SSSR count). The van der Waals surface area contributed by atoms with Crippen LogP contribution in [0.3, 0.4) is 0 Å². The molecule has 0 atom stereocenters. The number of nitrogens with one attached hydrogen (secondary N) is 1. The van der Waals surface area contributed by atoms with E-state index >= 15 is 0 Å². The van der Waals surface area contributed by atoms with Crippen molar-refractivity contribution >= 4 is 26.7 Å². The number of phenolic OH excluding ortho intramolecular Hbond substituents is 1. The molecular weight excluding hydrogens is 222 g/mol. The third-order valence-corrected chi connectivity index (χ3v) is 2.89. The maximum absolute atomic E-state index is 11.0. The van der Waals surface area contributed by atoms with E-state index in [-0.39, 0.29) is 16.6 Å². The number of nitrogens with zero attached hydrogens (tertiary/aromatic N) is 1. The molecule has 0 aliphatic heterocycles. The number of nitrogens with two attached hydrogens (primary N) is 1. The van der Waals surface area contributed by atoms with Crippen molar-refractivity contribution in [3.8, 4) is 5.75 Å². The third kappa shape index (κ3) is 1.39. The highest BCUT2D eigenvalue weighted by Gasteiger charge is 2.19. The van der Waals surface area contributed by atoms with E-state index in [0.29, 0.717) is 0 Å². The van der Waals surface area contributed by atoms with Gasteiger partial charge in [0, 0.05) is 11.5 Å². The number of fused-ring (bicyclic) bond motifs is 1. The molecule has 2 aromatic rings. The van der Waals surface area contributed by atoms with Gasteiger partial charge in [-0.1, -0.05) is 0 Å². The lowest BCUT2D eigenvalue weighted by molar-refractivity contribution is 0.469. The highest BCUT2D eigenvalue weighted by atomic mass is 32.2. The van der Waals surface area contributed by atoms with Crippen molar-refractivity contribution in [2.24, 2.45) is 0 Å². The summed E-state index contributed by atoms with van der Waals surface area (Å²) >= 11 is 0. The number of aromatic amines is 1. The standard InChI is InChI=1S/C7H7N3O4S/c8-6-4(11)1-5(15(12,13)14)3-2-9-10-7(3)6/h1-2,11H,8H2,(H,9,10)(H,12,13,14). The Hall–Kier alpha value is -1.80. The summed E-state index contributed by atoms with van der Waals surface area (Å²) in [4.78, 5) is -0.432. The molecule has 1 aromatic heterocycles. The summed E-state index contributed by atoms with van der Waals surface area (Å²) < 4.78 is 30.8. The summed E-state index contributed by atoms with van der Waals surface area (Å²) in [6.07, 6.45) is 1.20. The lowest BCUT2D eigenvalue weighted by Crippen LogP contribution is -2.00. The Morgan fingerprint density at radius 2 is 2.13 bits per heavy atom. The van der Waals surface area contributed by atoms with Gasteiger partial charge in [0.15, 0.2) is 0 Å². The normalized spacial score (nSPS) is 12.1. The highest BCUT2D eigenvalue weighted by molar-refractivity contribution is 7.86. The average molecular weight is 229 g/mol. The van der Waals surface area contributed by atoms with E-state index in [1.807, 2.05) is 0 Å². The zero-order valence-electron chi connectivity index (χ0n) is 7.30. The molecule has 0 unspecified atom stereocenters. The molecule has 0 spiro atoms. The van der Waals surface area contributed by atoms with Gasteiger partial charge in [-0.05, 0) is 0 Å². The van der Waals surface area contributed by atoms with Gasteiger partial charge in [0.2, 0.25) is 0 Å². The number of anilines is 1. The highest BCUT2D eigenvalue weighted by Crippen LogP contribution is 2.33. The molecule has 1 aromatic carbocycles. The zero-order chi connectivity index (χ0) is 11.2. The number of aromatic hydroxyl groups is 1. The van der Waals surface area contributed by atoms with Gasteiger partial charge in [-0.25, -0.2) is 0 Å². The minimum atomic E-state index is -4.41. The van der Waals surface area contributed by atoms with Crippen molar-refractivity contribution in [2.75, 3.05) is 5.73 Å². The quantitative estimate of drug-likeness (QED) is 0.311. The summed E-state index contributed by atoms with van der Waals surface area (Å²) in [5.41, 5.74) is 5.63. The van der Waals surface area contributed by atoms with Gasteiger partial charge in [-0.2, -0.15) is 13.5 Å². The van der Waals surface area contributed by atoms with Gasteiger partial charge >= 0.3 is 0 Å². The number of hydrogen-bond donors (Lipinski definition) is 4. The third-order valence-electron chi connectivity index (χ3n) is 2.00. The van der Waals surface area contributed by atoms with Gasteiger partial charge in [0.05, 0.1) is 11.7 Å². The first kappa shape index (κ1) is 9.74. The van der Waals surface area contributed by atoms with E-state index in [4.69, 9.17) is 10.3 Å². The minimum Gasteiger partial charge on any atom is -0.506 e. The molecule has 0 aliphatic rings. The molecule has 8 heteroatoms. The predicted octanol–water partition coefficient (Wildman–Crippen LogP) is 0.0974. The van der Waals surface area contributed by atoms with Crippen LogP contribution in [0.2, 0.25) is 0 Å². The fraction of sp³-hybridized carbons (Fsp3) is 0. The van der Waals surface area contributed by atoms with Crippen molar-refractivity contribution < 1.29 is 18.1 Å². The number of phenols is 1. The number of H-pyrrole nitrogens is 1. The van der Waals surface area contributed by atoms with Crippen LogP contribution in [0.25, 0.3) is 10.9 Å². The second-order valence-electron chi connectivity index (χ2n) is 2.94. The molecule has 0 radical (unpaired) electrons. The van der Waals surface area contributed by atoms with Gasteiger partial charge < -0.3 is 10.8 Å². The molecule has 0 bridgehead atoms. The first-order valence-electron chi connectivity index (χ1n) is 3.83. The summed E-state index contributed by atoms with van der Waals surface area (Å²) in [7, 11) is -4.41. The van der Waals surface area contributed by atoms with E-state index < -0.39 is 20.8 Å². The SMILES string of the molecule is Nc1c(O)cc(S(=O)(=O)O)c2cn[nH]c12. The summed E-state index contributed by atoms with van der Waals surface area (Å²) in [5.74, 6) is -0.431. The van der Waals surface area contributed by atoms with E-state index in [2.05, 4.69) is 10.2 Å². The number of nitrogen functional groups attached to an aromatic ring is 1. The van der Waals surface area contributed by atoms with Crippen molar-refractivity contribution in [2.45, 2.75) is 4.90 Å². The van der Waals surface area contributed by atoms with Crippen LogP contribution in [-0.2, 0) is 10.1 Å². The van der Waals surface area contributed by atoms with Crippen molar-refractivity contribution in [3.63, 3.8) is 0 Å². The van der Waals surface area contributed by atoms with Crippen LogP contribution >= 0.6 is 0 Å². The Labute approximate surface area is 84.3 Å². The second-order valence-corrected chi connectivity index (χ2v) is 4.33. The Bertz CT molecular complexity index is 631. The van der Waals surface area contributed by atoms with E-state index in [1.165, 1.54) is 6.20 Å². The Balaban J connectivity index is 2.99. The summed E-state index contributed by atoms with van der Waals surface area (Å²) in [6.45, 7) is 0. The molecular formula is C7H7N3O4S. The maximum Gasteiger partial charge on any atom is 0.295 e. The van der Waals surface area contributed by atoms with Crippen LogP contribution in [0.1, 0.15) is 0 Å². The molecule has 80 valence electrons. The maximum atomic E-state index is 11.0. The topological polar surface area (TPSA) is 129 Å². The van der Waals surface area contributed by atoms with Gasteiger partial charge in [0.1, 0.15) is 16.3 Å². The monoisotopic (exact) mass is 229 g/mol. The molecule has 0 saturated carbocycles. The van der Waals surface area contributed by atoms with E-state index in [0.717, 1.165) is 6.07 Å². The fourth-order valence-electron chi connectivity index (χ4n) is 1.30. The number of benzene rings is 1. The Morgan fingerprint density at radius 1 is 1.47 bits per heavy atom. The molecule has 0 saturated heterocycles. The lowest BCUT2D eigenvalue weighted by atomic mass is 10.2. The van der Waals surface area contributed by atoms with Gasteiger partial charge in [-0.15, -0.1) is 0 Å². The fourth-order valence-corrected chi connectivity index (χ4v) is 1.99. The lowest BCUT2D eigenvalue weighted by Gasteiger charge is -2.03. The van der Waals surface area contributed by atoms with E-state index in [1.54, 1.807) is 0 Å².